The average molecular weight is 1010 g/mol. The molecule has 12 atom stereocenters. The summed E-state index contributed by atoms with van der Waals surface area (Å²) in [7, 11) is 0. The Morgan fingerprint density at radius 1 is 0.577 bits per heavy atom. The molecule has 400 valence electrons. The number of carbonyl (C=O) groups excluding carboxylic acids is 11. The van der Waals surface area contributed by atoms with Crippen LogP contribution < -0.4 is 54.8 Å². The Morgan fingerprint density at radius 2 is 1.07 bits per heavy atom. The summed E-state index contributed by atoms with van der Waals surface area (Å²) < 4.78 is 0. The molecule has 17 N–H and O–H groups in total. The second-order valence-electron chi connectivity index (χ2n) is 18.6. The summed E-state index contributed by atoms with van der Waals surface area (Å²) in [6, 6.07) is -12.8. The van der Waals surface area contributed by atoms with Gasteiger partial charge >= 0.3 is 5.97 Å². The van der Waals surface area contributed by atoms with Crippen LogP contribution in [0.1, 0.15) is 112 Å². The van der Waals surface area contributed by atoms with Gasteiger partial charge < -0.3 is 80.0 Å². The number of carbonyl (C=O) groups is 12. The van der Waals surface area contributed by atoms with Gasteiger partial charge in [0, 0.05) is 25.9 Å². The van der Waals surface area contributed by atoms with Crippen molar-refractivity contribution in [1.29, 1.82) is 0 Å². The molecule has 0 aromatic carbocycles. The van der Waals surface area contributed by atoms with Crippen molar-refractivity contribution in [3.8, 4) is 0 Å². The van der Waals surface area contributed by atoms with Gasteiger partial charge in [0.1, 0.15) is 42.3 Å². The third-order valence-corrected chi connectivity index (χ3v) is 12.3. The van der Waals surface area contributed by atoms with Gasteiger partial charge in [-0.15, -0.1) is 0 Å². The molecule has 0 aliphatic carbocycles. The molecule has 2 aliphatic heterocycles. The number of nitrogens with two attached hydrogens (primary N) is 4. The third-order valence-electron chi connectivity index (χ3n) is 12.3. The Bertz CT molecular complexity index is 1970. The standard InChI is InChI=1S/C44H74N12O15/c1-7-21(4)33(52-39(65)27(19-32(48)61)50-36(62)24(45)12-14-30(46)59)43(69)56-17-9-11-29(56)42(68)55-16-8-10-28(55)40(66)51-26(18-20(2)3)38(64)53-34(22(5)57)41(67)49-25(13-15-31(47)60)37(63)54-35(23(6)58)44(70)71/h20-29,33-35,57-58H,7-19,45H2,1-6H3,(H2,46,59)(H2,47,60)(H2,48,61)(H,49,67)(H,50,62)(H,51,66)(H,52,65)(H,53,64)(H,54,63)(H,70,71)/t21-,22+,23+,24-,25-,26-,27-,28-,29-,33-,34-,35-/m0/s1. The van der Waals surface area contributed by atoms with Crippen LogP contribution in [-0.2, 0) is 57.5 Å². The Labute approximate surface area is 411 Å². The first-order valence-electron chi connectivity index (χ1n) is 23.7. The number of nitrogens with one attached hydrogen (secondary N) is 6. The summed E-state index contributed by atoms with van der Waals surface area (Å²) in [6.07, 6.45) is -3.60. The van der Waals surface area contributed by atoms with Crippen LogP contribution in [-0.4, -0.2) is 176 Å². The van der Waals surface area contributed by atoms with Gasteiger partial charge in [-0.05, 0) is 70.6 Å². The largest absolute Gasteiger partial charge is 0.480 e. The van der Waals surface area contributed by atoms with E-state index in [2.05, 4.69) is 31.9 Å². The summed E-state index contributed by atoms with van der Waals surface area (Å²) in [5.74, 6) is -11.9. The molecule has 0 aromatic rings. The summed E-state index contributed by atoms with van der Waals surface area (Å²) in [5, 5.41) is 44.3. The zero-order valence-electron chi connectivity index (χ0n) is 41.1. The molecule has 0 saturated carbocycles. The highest BCUT2D eigenvalue weighted by Gasteiger charge is 2.45. The van der Waals surface area contributed by atoms with Crippen LogP contribution in [0, 0.1) is 11.8 Å². The number of hydrogen-bond donors (Lipinski definition) is 13. The van der Waals surface area contributed by atoms with Gasteiger partial charge in [-0.3, -0.25) is 52.7 Å². The van der Waals surface area contributed by atoms with Crippen LogP contribution >= 0.6 is 0 Å². The molecule has 2 fully saturated rings. The average Bonchev–Trinajstić information content (AvgIpc) is 3.99. The highest BCUT2D eigenvalue weighted by atomic mass is 16.4. The van der Waals surface area contributed by atoms with Crippen molar-refractivity contribution in [2.45, 2.75) is 179 Å². The maximum Gasteiger partial charge on any atom is 0.328 e. The van der Waals surface area contributed by atoms with Crippen molar-refractivity contribution in [3.63, 3.8) is 0 Å². The number of aliphatic hydroxyl groups excluding tert-OH is 2. The predicted molar refractivity (Wildman–Crippen MR) is 250 cm³/mol. The highest BCUT2D eigenvalue weighted by Crippen LogP contribution is 2.27. The number of nitrogens with zero attached hydrogens (tertiary/aromatic N) is 2. The van der Waals surface area contributed by atoms with E-state index in [1.807, 2.05) is 0 Å². The lowest BCUT2D eigenvalue weighted by Gasteiger charge is -2.35. The van der Waals surface area contributed by atoms with Crippen LogP contribution in [0.3, 0.4) is 0 Å². The Hall–Kier alpha value is -6.48. The molecule has 2 heterocycles. The molecule has 2 rings (SSSR count). The molecule has 27 heteroatoms. The Kier molecular flexibility index (Phi) is 24.2. The zero-order valence-corrected chi connectivity index (χ0v) is 41.1. The van der Waals surface area contributed by atoms with Crippen LogP contribution in [0.2, 0.25) is 0 Å². The summed E-state index contributed by atoms with van der Waals surface area (Å²) in [5.41, 5.74) is 21.6. The number of amides is 11. The minimum Gasteiger partial charge on any atom is -0.480 e. The van der Waals surface area contributed by atoms with Crippen LogP contribution in [0.5, 0.6) is 0 Å². The summed E-state index contributed by atoms with van der Waals surface area (Å²) >= 11 is 0. The molecule has 0 radical (unpaired) electrons. The maximum absolute atomic E-state index is 14.4. The molecular weight excluding hydrogens is 937 g/mol. The van der Waals surface area contributed by atoms with Gasteiger partial charge in [0.2, 0.25) is 65.0 Å². The lowest BCUT2D eigenvalue weighted by atomic mass is 9.96. The number of hydrogen-bond acceptors (Lipinski definition) is 15. The van der Waals surface area contributed by atoms with Crippen molar-refractivity contribution in [2.24, 2.45) is 34.8 Å². The molecule has 71 heavy (non-hydrogen) atoms. The van der Waals surface area contributed by atoms with E-state index in [-0.39, 0.29) is 51.1 Å². The number of rotatable bonds is 29. The number of aliphatic hydroxyl groups is 2. The molecule has 2 aliphatic rings. The van der Waals surface area contributed by atoms with E-state index in [9.17, 15) is 72.9 Å². The normalized spacial score (nSPS) is 19.8. The van der Waals surface area contributed by atoms with E-state index in [0.29, 0.717) is 19.3 Å². The van der Waals surface area contributed by atoms with Gasteiger partial charge in [0.25, 0.3) is 0 Å². The van der Waals surface area contributed by atoms with E-state index in [1.54, 1.807) is 27.7 Å². The first-order chi connectivity index (χ1) is 33.1. The SMILES string of the molecule is CC[C@H](C)[C@H](NC(=O)[C@H](CC(N)=O)NC(=O)[C@@H](N)CCC(N)=O)C(=O)N1CCC[C@H]1C(=O)N1CCC[C@H]1C(=O)N[C@@H](CC(C)C)C(=O)N[C@H](C(=O)N[C@@H](CCC(N)=O)C(=O)N[C@H](C(=O)O)[C@@H](C)O)[C@@H](C)O. The van der Waals surface area contributed by atoms with Crippen LogP contribution in [0.25, 0.3) is 0 Å². The molecule has 0 bridgehead atoms. The van der Waals surface area contributed by atoms with Gasteiger partial charge in [0.05, 0.1) is 24.7 Å². The molecule has 27 nitrogen and oxygen atoms in total. The second-order valence-corrected chi connectivity index (χ2v) is 18.6. The first kappa shape index (κ1) is 60.6. The van der Waals surface area contributed by atoms with Crippen molar-refractivity contribution in [3.05, 3.63) is 0 Å². The third kappa shape index (κ3) is 18.7. The van der Waals surface area contributed by atoms with Gasteiger partial charge in [-0.1, -0.05) is 34.1 Å². The van der Waals surface area contributed by atoms with E-state index >= 15 is 0 Å². The number of likely N-dealkylation sites (tertiary alicyclic amines) is 2. The summed E-state index contributed by atoms with van der Waals surface area (Å²) in [6.45, 7) is 9.40. The number of primary amides is 3. The second kappa shape index (κ2) is 28.4. The van der Waals surface area contributed by atoms with Crippen LogP contribution in [0.4, 0.5) is 0 Å². The quantitative estimate of drug-likeness (QED) is 0.0333. The molecule has 0 aromatic heterocycles. The van der Waals surface area contributed by atoms with E-state index in [0.717, 1.165) is 13.8 Å². The first-order valence-corrected chi connectivity index (χ1v) is 23.7. The minimum atomic E-state index is -1.80. The molecule has 11 amide bonds. The number of carboxylic acid groups (broad SMARTS) is 1. The maximum atomic E-state index is 14.4. The number of aliphatic carboxylic acids is 1. The van der Waals surface area contributed by atoms with Crippen molar-refractivity contribution >= 4 is 70.9 Å². The molecular formula is C44H74N12O15. The zero-order chi connectivity index (χ0) is 54.0. The van der Waals surface area contributed by atoms with Crippen molar-refractivity contribution in [1.82, 2.24) is 41.7 Å². The molecule has 2 saturated heterocycles. The smallest absolute Gasteiger partial charge is 0.328 e. The van der Waals surface area contributed by atoms with E-state index in [4.69, 9.17) is 22.9 Å². The van der Waals surface area contributed by atoms with E-state index < -0.39 is 163 Å². The lowest BCUT2D eigenvalue weighted by molar-refractivity contribution is -0.149. The van der Waals surface area contributed by atoms with Crippen LogP contribution in [0.15, 0.2) is 0 Å². The number of carboxylic acids is 1. The Balaban J connectivity index is 2.31. The fourth-order valence-electron chi connectivity index (χ4n) is 8.10. The monoisotopic (exact) mass is 1010 g/mol. The fourth-order valence-corrected chi connectivity index (χ4v) is 8.10. The minimum absolute atomic E-state index is 0.00561. The van der Waals surface area contributed by atoms with Gasteiger partial charge in [-0.25, -0.2) is 4.79 Å². The topological polar surface area (TPSA) is 448 Å². The van der Waals surface area contributed by atoms with Crippen molar-refractivity contribution in [2.75, 3.05) is 13.1 Å². The highest BCUT2D eigenvalue weighted by molar-refractivity contribution is 5.99. The van der Waals surface area contributed by atoms with E-state index in [1.165, 1.54) is 9.80 Å². The van der Waals surface area contributed by atoms with Crippen molar-refractivity contribution < 1.29 is 72.9 Å². The fraction of sp³-hybridized carbons (Fsp3) is 0.727. The van der Waals surface area contributed by atoms with Gasteiger partial charge in [-0.2, -0.15) is 0 Å². The van der Waals surface area contributed by atoms with Gasteiger partial charge in [0.15, 0.2) is 6.04 Å². The summed E-state index contributed by atoms with van der Waals surface area (Å²) in [4.78, 5) is 159. The Morgan fingerprint density at radius 3 is 1.59 bits per heavy atom. The predicted octanol–water partition coefficient (Wildman–Crippen LogP) is -5.45. The molecule has 0 spiro atoms. The lowest BCUT2D eigenvalue weighted by Crippen LogP contribution is -2.62. The molecule has 0 unspecified atom stereocenters.